The Kier molecular flexibility index (Phi) is 4.13. The minimum Gasteiger partial charge on any atom is -0.337 e. The van der Waals surface area contributed by atoms with Gasteiger partial charge in [-0.1, -0.05) is 23.9 Å². The SMILES string of the molecule is C=CC(=O)N1CCCC1c1nc(-c2ccc(C(F)(F)F)cc2)no1. The van der Waals surface area contributed by atoms with Crippen molar-refractivity contribution in [3.63, 3.8) is 0 Å². The molecule has 3 rings (SSSR count). The second kappa shape index (κ2) is 6.10. The van der Waals surface area contributed by atoms with Crippen molar-refractivity contribution in [2.24, 2.45) is 0 Å². The van der Waals surface area contributed by atoms with Crippen molar-refractivity contribution >= 4 is 5.91 Å². The molecule has 1 aromatic heterocycles. The lowest BCUT2D eigenvalue weighted by molar-refractivity contribution is -0.137. The van der Waals surface area contributed by atoms with Crippen molar-refractivity contribution < 1.29 is 22.5 Å². The second-order valence-corrected chi connectivity index (χ2v) is 5.43. The summed E-state index contributed by atoms with van der Waals surface area (Å²) in [7, 11) is 0. The number of benzene rings is 1. The molecule has 0 radical (unpaired) electrons. The largest absolute Gasteiger partial charge is 0.416 e. The highest BCUT2D eigenvalue weighted by molar-refractivity contribution is 5.87. The summed E-state index contributed by atoms with van der Waals surface area (Å²) in [5.41, 5.74) is -0.328. The summed E-state index contributed by atoms with van der Waals surface area (Å²) < 4.78 is 43.0. The normalized spacial score (nSPS) is 18.0. The summed E-state index contributed by atoms with van der Waals surface area (Å²) in [6.45, 7) is 4.04. The maximum absolute atomic E-state index is 12.6. The quantitative estimate of drug-likeness (QED) is 0.803. The van der Waals surface area contributed by atoms with Gasteiger partial charge in [0.15, 0.2) is 0 Å². The molecule has 1 atom stereocenters. The Balaban J connectivity index is 1.83. The van der Waals surface area contributed by atoms with Gasteiger partial charge in [-0.15, -0.1) is 0 Å². The average molecular weight is 337 g/mol. The van der Waals surface area contributed by atoms with Crippen LogP contribution in [0.15, 0.2) is 41.4 Å². The van der Waals surface area contributed by atoms with Gasteiger partial charge in [-0.25, -0.2) is 0 Å². The molecule has 5 nitrogen and oxygen atoms in total. The third kappa shape index (κ3) is 3.04. The van der Waals surface area contributed by atoms with Crippen molar-refractivity contribution in [2.45, 2.75) is 25.1 Å². The predicted octanol–water partition coefficient (Wildman–Crippen LogP) is 3.60. The summed E-state index contributed by atoms with van der Waals surface area (Å²) >= 11 is 0. The number of likely N-dealkylation sites (tertiary alicyclic amines) is 1. The molecule has 1 aliphatic heterocycles. The van der Waals surface area contributed by atoms with E-state index in [4.69, 9.17) is 4.52 Å². The molecule has 0 N–H and O–H groups in total. The summed E-state index contributed by atoms with van der Waals surface area (Å²) in [6, 6.07) is 4.19. The Morgan fingerprint density at radius 1 is 1.33 bits per heavy atom. The number of amides is 1. The number of hydrogen-bond donors (Lipinski definition) is 0. The Hall–Kier alpha value is -2.64. The van der Waals surface area contributed by atoms with Gasteiger partial charge in [0.1, 0.15) is 6.04 Å². The first kappa shape index (κ1) is 16.2. The summed E-state index contributed by atoms with van der Waals surface area (Å²) in [5, 5.41) is 3.81. The molecule has 2 aromatic rings. The van der Waals surface area contributed by atoms with Gasteiger partial charge in [0.05, 0.1) is 5.56 Å². The van der Waals surface area contributed by atoms with E-state index in [0.717, 1.165) is 18.6 Å². The van der Waals surface area contributed by atoms with E-state index in [2.05, 4.69) is 16.7 Å². The minimum absolute atomic E-state index is 0.191. The fraction of sp³-hybridized carbons (Fsp3) is 0.312. The van der Waals surface area contributed by atoms with Gasteiger partial charge in [0, 0.05) is 12.1 Å². The molecule has 126 valence electrons. The van der Waals surface area contributed by atoms with E-state index in [1.165, 1.54) is 18.2 Å². The highest BCUT2D eigenvalue weighted by Crippen LogP contribution is 2.33. The zero-order chi connectivity index (χ0) is 17.3. The van der Waals surface area contributed by atoms with Crippen LogP contribution in [0.25, 0.3) is 11.4 Å². The van der Waals surface area contributed by atoms with Gasteiger partial charge >= 0.3 is 6.18 Å². The lowest BCUT2D eigenvalue weighted by Gasteiger charge is -2.19. The predicted molar refractivity (Wildman–Crippen MR) is 78.6 cm³/mol. The van der Waals surface area contributed by atoms with E-state index in [-0.39, 0.29) is 23.7 Å². The van der Waals surface area contributed by atoms with Gasteiger partial charge in [-0.05, 0) is 31.1 Å². The molecule has 0 saturated carbocycles. The van der Waals surface area contributed by atoms with Crippen LogP contribution in [0.1, 0.15) is 30.3 Å². The van der Waals surface area contributed by atoms with Crippen LogP contribution < -0.4 is 0 Å². The lowest BCUT2D eigenvalue weighted by atomic mass is 10.1. The van der Waals surface area contributed by atoms with Gasteiger partial charge in [-0.3, -0.25) is 4.79 Å². The zero-order valence-electron chi connectivity index (χ0n) is 12.6. The van der Waals surface area contributed by atoms with Crippen LogP contribution in [0.5, 0.6) is 0 Å². The van der Waals surface area contributed by atoms with Crippen LogP contribution >= 0.6 is 0 Å². The minimum atomic E-state index is -4.39. The molecule has 2 heterocycles. The molecule has 1 aromatic carbocycles. The number of carbonyl (C=O) groups is 1. The Morgan fingerprint density at radius 3 is 2.67 bits per heavy atom. The molecule has 1 amide bonds. The Bertz CT molecular complexity index is 753. The number of halogens is 3. The first-order valence-corrected chi connectivity index (χ1v) is 7.34. The van der Waals surface area contributed by atoms with Crippen molar-refractivity contribution in [3.8, 4) is 11.4 Å². The van der Waals surface area contributed by atoms with Crippen molar-refractivity contribution in [1.82, 2.24) is 15.0 Å². The van der Waals surface area contributed by atoms with Gasteiger partial charge < -0.3 is 9.42 Å². The van der Waals surface area contributed by atoms with Crippen LogP contribution in [0.2, 0.25) is 0 Å². The first-order valence-electron chi connectivity index (χ1n) is 7.34. The Labute approximate surface area is 135 Å². The molecule has 1 unspecified atom stereocenters. The monoisotopic (exact) mass is 337 g/mol. The van der Waals surface area contributed by atoms with Crippen LogP contribution in [-0.2, 0) is 11.0 Å². The number of rotatable bonds is 3. The van der Waals surface area contributed by atoms with Gasteiger partial charge in [-0.2, -0.15) is 18.2 Å². The molecule has 1 saturated heterocycles. The fourth-order valence-electron chi connectivity index (χ4n) is 2.70. The first-order chi connectivity index (χ1) is 11.4. The Morgan fingerprint density at radius 2 is 2.04 bits per heavy atom. The van der Waals surface area contributed by atoms with E-state index in [1.54, 1.807) is 4.90 Å². The van der Waals surface area contributed by atoms with E-state index in [1.807, 2.05) is 0 Å². The maximum atomic E-state index is 12.6. The molecule has 0 aliphatic carbocycles. The molecule has 1 fully saturated rings. The van der Waals surface area contributed by atoms with Gasteiger partial charge in [0.2, 0.25) is 17.6 Å². The van der Waals surface area contributed by atoms with Crippen LogP contribution in [0, 0.1) is 0 Å². The molecule has 0 spiro atoms. The second-order valence-electron chi connectivity index (χ2n) is 5.43. The molecule has 8 heteroatoms. The molecule has 0 bridgehead atoms. The van der Waals surface area contributed by atoms with E-state index in [0.29, 0.717) is 18.5 Å². The van der Waals surface area contributed by atoms with Crippen LogP contribution in [-0.4, -0.2) is 27.5 Å². The summed E-state index contributed by atoms with van der Waals surface area (Å²) in [4.78, 5) is 17.6. The highest BCUT2D eigenvalue weighted by atomic mass is 19.4. The maximum Gasteiger partial charge on any atom is 0.416 e. The van der Waals surface area contributed by atoms with E-state index < -0.39 is 11.7 Å². The van der Waals surface area contributed by atoms with Gasteiger partial charge in [0.25, 0.3) is 0 Å². The highest BCUT2D eigenvalue weighted by Gasteiger charge is 2.33. The van der Waals surface area contributed by atoms with Crippen molar-refractivity contribution in [1.29, 1.82) is 0 Å². The molecule has 24 heavy (non-hydrogen) atoms. The number of carbonyl (C=O) groups excluding carboxylic acids is 1. The van der Waals surface area contributed by atoms with Crippen molar-refractivity contribution in [3.05, 3.63) is 48.4 Å². The molecular formula is C16H14F3N3O2. The van der Waals surface area contributed by atoms with Crippen LogP contribution in [0.3, 0.4) is 0 Å². The third-order valence-electron chi connectivity index (χ3n) is 3.91. The standard InChI is InChI=1S/C16H14F3N3O2/c1-2-13(23)22-9-3-4-12(22)15-20-14(21-24-15)10-5-7-11(8-6-10)16(17,18)19/h2,5-8,12H,1,3-4,9H2. The summed E-state index contributed by atoms with van der Waals surface area (Å²) in [5.74, 6) is 0.251. The zero-order valence-corrected chi connectivity index (χ0v) is 12.6. The van der Waals surface area contributed by atoms with E-state index >= 15 is 0 Å². The smallest absolute Gasteiger partial charge is 0.337 e. The number of nitrogens with zero attached hydrogens (tertiary/aromatic N) is 3. The number of hydrogen-bond acceptors (Lipinski definition) is 4. The molecule has 1 aliphatic rings. The number of aromatic nitrogens is 2. The van der Waals surface area contributed by atoms with Crippen LogP contribution in [0.4, 0.5) is 13.2 Å². The summed E-state index contributed by atoms with van der Waals surface area (Å²) in [6.07, 6.45) is -1.67. The lowest BCUT2D eigenvalue weighted by Crippen LogP contribution is -2.28. The fourth-order valence-corrected chi connectivity index (χ4v) is 2.70. The number of alkyl halides is 3. The topological polar surface area (TPSA) is 59.2 Å². The van der Waals surface area contributed by atoms with Crippen molar-refractivity contribution in [2.75, 3.05) is 6.54 Å². The van der Waals surface area contributed by atoms with E-state index in [9.17, 15) is 18.0 Å². The average Bonchev–Trinajstić information content (AvgIpc) is 3.22. The molecular weight excluding hydrogens is 323 g/mol. The third-order valence-corrected chi connectivity index (χ3v) is 3.91.